The lowest BCUT2D eigenvalue weighted by Gasteiger charge is -2.19. The number of pyridine rings is 1. The van der Waals surface area contributed by atoms with Gasteiger partial charge in [0, 0.05) is 43.3 Å². The van der Waals surface area contributed by atoms with E-state index in [0.717, 1.165) is 47.5 Å². The molecule has 0 amide bonds. The van der Waals surface area contributed by atoms with Crippen LogP contribution in [0.3, 0.4) is 0 Å². The Morgan fingerprint density at radius 1 is 1.23 bits per heavy atom. The first-order chi connectivity index (χ1) is 10.7. The third kappa shape index (κ3) is 2.06. The average Bonchev–Trinajstić information content (AvgIpc) is 3.13. The number of aromatic amines is 1. The molecule has 7 nitrogen and oxygen atoms in total. The second-order valence-electron chi connectivity index (χ2n) is 5.55. The van der Waals surface area contributed by atoms with Gasteiger partial charge >= 0.3 is 0 Å². The number of rotatable bonds is 2. The summed E-state index contributed by atoms with van der Waals surface area (Å²) in [5, 5.41) is 1.05. The first kappa shape index (κ1) is 13.0. The minimum atomic E-state index is 0.223. The Morgan fingerprint density at radius 2 is 2.09 bits per heavy atom. The van der Waals surface area contributed by atoms with E-state index in [2.05, 4.69) is 24.8 Å². The molecule has 1 atom stereocenters. The normalized spacial score (nSPS) is 18.2. The highest BCUT2D eigenvalue weighted by atomic mass is 15.2. The Morgan fingerprint density at radius 3 is 2.86 bits per heavy atom. The molecule has 1 fully saturated rings. The average molecular weight is 295 g/mol. The Kier molecular flexibility index (Phi) is 2.93. The van der Waals surface area contributed by atoms with Crippen molar-refractivity contribution in [3.63, 3.8) is 0 Å². The minimum absolute atomic E-state index is 0.223. The first-order valence-electron chi connectivity index (χ1n) is 7.28. The standard InChI is InChI=1S/C15H17N7/c16-9-3-6-22(8-9)12-2-5-18-14-13(12)10(7-20-14)11-1-4-19-15(17)21-11/h1-2,4-5,7,9H,3,6,8,16H2,(H,18,20)(H2,17,19,21). The lowest BCUT2D eigenvalue weighted by Crippen LogP contribution is -2.26. The van der Waals surface area contributed by atoms with Gasteiger partial charge in [-0.3, -0.25) is 0 Å². The summed E-state index contributed by atoms with van der Waals surface area (Å²) >= 11 is 0. The molecule has 7 heteroatoms. The molecule has 112 valence electrons. The van der Waals surface area contributed by atoms with Gasteiger partial charge in [0.15, 0.2) is 0 Å². The van der Waals surface area contributed by atoms with Crippen molar-refractivity contribution in [2.75, 3.05) is 23.7 Å². The number of nitrogens with one attached hydrogen (secondary N) is 1. The third-order valence-corrected chi connectivity index (χ3v) is 4.07. The number of anilines is 2. The molecule has 5 N–H and O–H groups in total. The fraction of sp³-hybridized carbons (Fsp3) is 0.267. The van der Waals surface area contributed by atoms with Crippen LogP contribution in [0.2, 0.25) is 0 Å². The van der Waals surface area contributed by atoms with Crippen LogP contribution in [0.1, 0.15) is 6.42 Å². The summed E-state index contributed by atoms with van der Waals surface area (Å²) in [6.45, 7) is 1.81. The highest BCUT2D eigenvalue weighted by molar-refractivity contribution is 6.02. The zero-order valence-electron chi connectivity index (χ0n) is 12.0. The largest absolute Gasteiger partial charge is 0.369 e. The van der Waals surface area contributed by atoms with Crippen LogP contribution in [0.4, 0.5) is 11.6 Å². The molecule has 1 aliphatic heterocycles. The lowest BCUT2D eigenvalue weighted by molar-refractivity contribution is 0.752. The zero-order chi connectivity index (χ0) is 15.1. The van der Waals surface area contributed by atoms with Crippen LogP contribution < -0.4 is 16.4 Å². The fourth-order valence-electron chi connectivity index (χ4n) is 3.03. The van der Waals surface area contributed by atoms with Crippen molar-refractivity contribution >= 4 is 22.7 Å². The smallest absolute Gasteiger partial charge is 0.220 e. The lowest BCUT2D eigenvalue weighted by atomic mass is 10.1. The van der Waals surface area contributed by atoms with Crippen LogP contribution in [0.25, 0.3) is 22.3 Å². The van der Waals surface area contributed by atoms with Crippen molar-refractivity contribution in [2.45, 2.75) is 12.5 Å². The van der Waals surface area contributed by atoms with Crippen LogP contribution in [0.5, 0.6) is 0 Å². The summed E-state index contributed by atoms with van der Waals surface area (Å²) in [5.41, 5.74) is 15.5. The summed E-state index contributed by atoms with van der Waals surface area (Å²) in [4.78, 5) is 18.2. The molecule has 0 aromatic carbocycles. The molecule has 0 saturated carbocycles. The summed E-state index contributed by atoms with van der Waals surface area (Å²) < 4.78 is 0. The Labute approximate surface area is 127 Å². The van der Waals surface area contributed by atoms with Crippen molar-refractivity contribution in [1.29, 1.82) is 0 Å². The minimum Gasteiger partial charge on any atom is -0.369 e. The molecule has 1 unspecified atom stereocenters. The summed E-state index contributed by atoms with van der Waals surface area (Å²) in [7, 11) is 0. The number of H-pyrrole nitrogens is 1. The maximum Gasteiger partial charge on any atom is 0.220 e. The Balaban J connectivity index is 1.90. The summed E-state index contributed by atoms with van der Waals surface area (Å²) in [6.07, 6.45) is 6.40. The second-order valence-corrected chi connectivity index (χ2v) is 5.55. The van der Waals surface area contributed by atoms with E-state index in [4.69, 9.17) is 11.5 Å². The Bertz CT molecular complexity index is 826. The zero-order valence-corrected chi connectivity index (χ0v) is 12.0. The SMILES string of the molecule is Nc1nccc(-c2c[nH]c3nccc(N4CCC(N)C4)c23)n1. The van der Waals surface area contributed by atoms with Crippen molar-refractivity contribution < 1.29 is 0 Å². The van der Waals surface area contributed by atoms with Gasteiger partial charge < -0.3 is 21.4 Å². The van der Waals surface area contributed by atoms with Gasteiger partial charge in [-0.2, -0.15) is 0 Å². The quantitative estimate of drug-likeness (QED) is 0.654. The topological polar surface area (TPSA) is 110 Å². The van der Waals surface area contributed by atoms with Gasteiger partial charge in [-0.25, -0.2) is 15.0 Å². The Hall–Kier alpha value is -2.67. The number of hydrogen-bond acceptors (Lipinski definition) is 6. The number of nitrogens with zero attached hydrogens (tertiary/aromatic N) is 4. The van der Waals surface area contributed by atoms with Gasteiger partial charge in [0.2, 0.25) is 5.95 Å². The number of hydrogen-bond donors (Lipinski definition) is 3. The molecule has 1 saturated heterocycles. The molecule has 4 heterocycles. The van der Waals surface area contributed by atoms with Crippen LogP contribution >= 0.6 is 0 Å². The highest BCUT2D eigenvalue weighted by Crippen LogP contribution is 2.35. The van der Waals surface area contributed by atoms with Crippen molar-refractivity contribution in [3.05, 3.63) is 30.7 Å². The van der Waals surface area contributed by atoms with E-state index in [1.165, 1.54) is 0 Å². The second kappa shape index (κ2) is 4.96. The van der Waals surface area contributed by atoms with Gasteiger partial charge in [0.1, 0.15) is 5.65 Å². The number of fused-ring (bicyclic) bond motifs is 1. The van der Waals surface area contributed by atoms with Crippen LogP contribution in [-0.4, -0.2) is 39.1 Å². The molecular formula is C15H17N7. The van der Waals surface area contributed by atoms with E-state index in [9.17, 15) is 0 Å². The summed E-state index contributed by atoms with van der Waals surface area (Å²) in [5.74, 6) is 0.264. The number of nitrogen functional groups attached to an aromatic ring is 1. The maximum absolute atomic E-state index is 6.05. The van der Waals surface area contributed by atoms with Crippen molar-refractivity contribution in [2.24, 2.45) is 5.73 Å². The van der Waals surface area contributed by atoms with Crippen LogP contribution in [-0.2, 0) is 0 Å². The van der Waals surface area contributed by atoms with Gasteiger partial charge in [-0.05, 0) is 18.6 Å². The number of nitrogens with two attached hydrogens (primary N) is 2. The third-order valence-electron chi connectivity index (χ3n) is 4.07. The highest BCUT2D eigenvalue weighted by Gasteiger charge is 2.23. The predicted octanol–water partition coefficient (Wildman–Crippen LogP) is 1.14. The van der Waals surface area contributed by atoms with Gasteiger partial charge in [0.05, 0.1) is 16.8 Å². The van der Waals surface area contributed by atoms with Crippen molar-refractivity contribution in [1.82, 2.24) is 19.9 Å². The molecule has 0 aliphatic carbocycles. The maximum atomic E-state index is 6.05. The van der Waals surface area contributed by atoms with Crippen molar-refractivity contribution in [3.8, 4) is 11.3 Å². The molecule has 0 spiro atoms. The number of aromatic nitrogens is 4. The molecule has 22 heavy (non-hydrogen) atoms. The van der Waals surface area contributed by atoms with Crippen LogP contribution in [0, 0.1) is 0 Å². The van der Waals surface area contributed by atoms with E-state index >= 15 is 0 Å². The molecule has 0 bridgehead atoms. The first-order valence-corrected chi connectivity index (χ1v) is 7.28. The van der Waals surface area contributed by atoms with E-state index < -0.39 is 0 Å². The van der Waals surface area contributed by atoms with E-state index in [0.29, 0.717) is 0 Å². The predicted molar refractivity (Wildman–Crippen MR) is 86.3 cm³/mol. The van der Waals surface area contributed by atoms with Gasteiger partial charge in [-0.1, -0.05) is 0 Å². The fourth-order valence-corrected chi connectivity index (χ4v) is 3.03. The van der Waals surface area contributed by atoms with E-state index in [1.54, 1.807) is 6.20 Å². The molecule has 0 radical (unpaired) electrons. The van der Waals surface area contributed by atoms with Gasteiger partial charge in [0.25, 0.3) is 0 Å². The molecular weight excluding hydrogens is 278 g/mol. The molecule has 1 aliphatic rings. The molecule has 4 rings (SSSR count). The summed E-state index contributed by atoms with van der Waals surface area (Å²) in [6, 6.07) is 4.11. The van der Waals surface area contributed by atoms with E-state index in [1.807, 2.05) is 24.5 Å². The molecule has 3 aromatic heterocycles. The van der Waals surface area contributed by atoms with Gasteiger partial charge in [-0.15, -0.1) is 0 Å². The van der Waals surface area contributed by atoms with E-state index in [-0.39, 0.29) is 12.0 Å². The molecule has 3 aromatic rings. The monoisotopic (exact) mass is 295 g/mol. The van der Waals surface area contributed by atoms with Crippen LogP contribution in [0.15, 0.2) is 30.7 Å².